The van der Waals surface area contributed by atoms with Crippen molar-refractivity contribution in [2.24, 2.45) is 0 Å². The van der Waals surface area contributed by atoms with Crippen LogP contribution in [0.4, 0.5) is 22.7 Å². The zero-order valence-corrected chi connectivity index (χ0v) is 38.2. The van der Waals surface area contributed by atoms with Gasteiger partial charge in [0.25, 0.3) is 0 Å². The van der Waals surface area contributed by atoms with E-state index in [-0.39, 0.29) is 55.5 Å². The average molecular weight is 915 g/mol. The van der Waals surface area contributed by atoms with E-state index in [1.54, 1.807) is 24.6 Å². The fourth-order valence-corrected chi connectivity index (χ4v) is 6.57. The molecule has 16 nitrogen and oxygen atoms in total. The molecule has 340 valence electrons. The largest absolute Gasteiger partial charge is 1.00 e. The third kappa shape index (κ3) is 13.2. The number of ether oxygens (including phenoxy) is 3. The van der Waals surface area contributed by atoms with Gasteiger partial charge in [0.15, 0.2) is 0 Å². The van der Waals surface area contributed by atoms with E-state index in [1.807, 2.05) is 109 Å². The number of carbonyl (C=O) groups is 2. The van der Waals surface area contributed by atoms with Crippen LogP contribution in [0.15, 0.2) is 134 Å². The number of anilines is 4. The van der Waals surface area contributed by atoms with Gasteiger partial charge in [0.2, 0.25) is 0 Å². The van der Waals surface area contributed by atoms with Crippen LogP contribution in [-0.2, 0) is 18.0 Å². The van der Waals surface area contributed by atoms with Crippen molar-refractivity contribution in [1.29, 1.82) is 10.5 Å². The Hall–Kier alpha value is -7.70. The van der Waals surface area contributed by atoms with Crippen LogP contribution in [0.3, 0.4) is 0 Å². The van der Waals surface area contributed by atoms with E-state index in [9.17, 15) is 25.2 Å². The Labute approximate surface area is 411 Å². The van der Waals surface area contributed by atoms with Crippen LogP contribution >= 0.6 is 0 Å². The van der Waals surface area contributed by atoms with Crippen LogP contribution in [0, 0.1) is 36.5 Å². The van der Waals surface area contributed by atoms with Gasteiger partial charge in [-0.3, -0.25) is 0 Å². The van der Waals surface area contributed by atoms with Crippen molar-refractivity contribution in [3.05, 3.63) is 178 Å². The first-order valence-electron chi connectivity index (χ1n) is 19.3. The van der Waals surface area contributed by atoms with Gasteiger partial charge in [0, 0.05) is 30.9 Å². The number of carboxylic acid groups (broad SMARTS) is 1. The molecule has 0 aliphatic heterocycles. The summed E-state index contributed by atoms with van der Waals surface area (Å²) in [6.07, 6.45) is 5.92. The Balaban J connectivity index is 0.000000420. The SMILES string of the molecule is C.C.CO.COC(=O)c1cn2ncc(C#N)c(Nc3ccc(OCc4ccccc4)cc3)c2c1C.Cc1c(C(=O)O)cn2ncc(C#N)c(Nc3ccc(OCc4ccccc4)cc3)c12.[Na+].[OH-]. The van der Waals surface area contributed by atoms with E-state index in [4.69, 9.17) is 19.3 Å². The van der Waals surface area contributed by atoms with Crippen LogP contribution in [-0.4, -0.2) is 61.1 Å². The van der Waals surface area contributed by atoms with Crippen molar-refractivity contribution in [1.82, 2.24) is 19.2 Å². The topological polar surface area (TPSA) is 239 Å². The number of aryl methyl sites for hydroxylation is 2. The van der Waals surface area contributed by atoms with Gasteiger partial charge in [-0.15, -0.1) is 0 Å². The van der Waals surface area contributed by atoms with Gasteiger partial charge in [0.05, 0.1) is 64.2 Å². The minimum absolute atomic E-state index is 0. The number of aliphatic hydroxyl groups excluding tert-OH is 1. The number of fused-ring (bicyclic) bond motifs is 2. The standard InChI is InChI=1S/C24H20N4O3.C23H18N4O3.CH4O.2CH4.Na.H2O/c1-16-21(24(29)30-2)14-28-23(16)22(18(12-25)13-26-28)27-19-8-10-20(11-9-19)31-15-17-6-4-3-5-7-17;1-15-20(23(28)29)13-27-22(15)21(17(11-24)12-25-27)26-18-7-9-19(10-8-18)30-14-16-5-3-2-4-6-16;1-2;;;;/h3-11,13-14,27H,15H2,1-2H3;2-10,12-13,26H,14H2,1H3,(H,28,29);2H,1H3;2*1H4;;1H2/q;;;;;+1;/p-1. The molecule has 67 heavy (non-hydrogen) atoms. The van der Waals surface area contributed by atoms with Crippen molar-refractivity contribution in [2.45, 2.75) is 41.9 Å². The molecular formula is C50H51N8NaO8. The predicted molar refractivity (Wildman–Crippen MR) is 252 cm³/mol. The number of aliphatic hydroxyl groups is 1. The second kappa shape index (κ2) is 26.3. The molecule has 0 saturated carbocycles. The number of esters is 1. The molecule has 17 heteroatoms. The van der Waals surface area contributed by atoms with Gasteiger partial charge in [-0.05, 0) is 84.6 Å². The van der Waals surface area contributed by atoms with Gasteiger partial charge in [-0.1, -0.05) is 75.5 Å². The van der Waals surface area contributed by atoms with Crippen molar-refractivity contribution in [3.63, 3.8) is 0 Å². The zero-order valence-electron chi connectivity index (χ0n) is 36.2. The molecule has 0 bridgehead atoms. The second-order valence-electron chi connectivity index (χ2n) is 13.7. The summed E-state index contributed by atoms with van der Waals surface area (Å²) < 4.78 is 19.5. The Bertz CT molecular complexity index is 2950. The van der Waals surface area contributed by atoms with E-state index in [2.05, 4.69) is 33.0 Å². The molecule has 0 aliphatic carbocycles. The number of methoxy groups -OCH3 is 1. The Morgan fingerprint density at radius 3 is 1.37 bits per heavy atom. The molecule has 0 saturated heterocycles. The van der Waals surface area contributed by atoms with Crippen molar-refractivity contribution in [2.75, 3.05) is 24.9 Å². The van der Waals surface area contributed by atoms with Crippen molar-refractivity contribution in [3.8, 4) is 23.6 Å². The molecular weight excluding hydrogens is 864 g/mol. The van der Waals surface area contributed by atoms with Gasteiger partial charge in [0.1, 0.15) is 36.9 Å². The number of nitrogens with zero attached hydrogens (tertiary/aromatic N) is 6. The maximum Gasteiger partial charge on any atom is 1.00 e. The Morgan fingerprint density at radius 1 is 0.642 bits per heavy atom. The summed E-state index contributed by atoms with van der Waals surface area (Å²) in [6.45, 7) is 4.46. The van der Waals surface area contributed by atoms with E-state index in [1.165, 1.54) is 30.2 Å². The maximum absolute atomic E-state index is 12.1. The summed E-state index contributed by atoms with van der Waals surface area (Å²) >= 11 is 0. The quantitative estimate of drug-likeness (QED) is 0.0723. The smallest absolute Gasteiger partial charge is 0.870 e. The summed E-state index contributed by atoms with van der Waals surface area (Å²) in [5, 5.41) is 50.4. The van der Waals surface area contributed by atoms with Crippen molar-refractivity contribution < 1.29 is 69.0 Å². The molecule has 0 fully saturated rings. The molecule has 4 heterocycles. The van der Waals surface area contributed by atoms with Crippen LogP contribution in [0.1, 0.15) is 68.9 Å². The van der Waals surface area contributed by atoms with E-state index >= 15 is 0 Å². The maximum atomic E-state index is 12.1. The number of hydrogen-bond acceptors (Lipinski definition) is 13. The molecule has 4 aromatic heterocycles. The number of nitrogens with one attached hydrogen (secondary N) is 2. The average Bonchev–Trinajstić information content (AvgIpc) is 3.86. The number of nitriles is 2. The van der Waals surface area contributed by atoms with Gasteiger partial charge < -0.3 is 40.5 Å². The molecule has 8 aromatic rings. The molecule has 8 rings (SSSR count). The van der Waals surface area contributed by atoms with Gasteiger partial charge >= 0.3 is 41.5 Å². The Morgan fingerprint density at radius 2 is 1.01 bits per heavy atom. The number of aromatic carboxylic acids is 1. The summed E-state index contributed by atoms with van der Waals surface area (Å²) in [5.74, 6) is -0.0341. The predicted octanol–water partition coefficient (Wildman–Crippen LogP) is 6.87. The molecule has 5 N–H and O–H groups in total. The number of carboxylic acids is 1. The van der Waals surface area contributed by atoms with Crippen LogP contribution in [0.5, 0.6) is 11.5 Å². The summed E-state index contributed by atoms with van der Waals surface area (Å²) in [6, 6.07) is 38.9. The first-order chi connectivity index (χ1) is 30.7. The summed E-state index contributed by atoms with van der Waals surface area (Å²) in [4.78, 5) is 23.5. The minimum atomic E-state index is -1.04. The first kappa shape index (κ1) is 55.4. The fourth-order valence-electron chi connectivity index (χ4n) is 6.57. The third-order valence-electron chi connectivity index (χ3n) is 9.73. The summed E-state index contributed by atoms with van der Waals surface area (Å²) in [5.41, 5.74) is 8.42. The first-order valence-corrected chi connectivity index (χ1v) is 19.3. The van der Waals surface area contributed by atoms with Crippen LogP contribution in [0.25, 0.3) is 11.0 Å². The second-order valence-corrected chi connectivity index (χ2v) is 13.7. The number of hydrogen-bond donors (Lipinski definition) is 4. The molecule has 0 aliphatic rings. The van der Waals surface area contributed by atoms with E-state index < -0.39 is 11.9 Å². The van der Waals surface area contributed by atoms with E-state index in [0.29, 0.717) is 63.4 Å². The fraction of sp³-hybridized carbons (Fsp3) is 0.160. The number of rotatable bonds is 12. The monoisotopic (exact) mass is 914 g/mol. The molecule has 4 aromatic carbocycles. The van der Waals surface area contributed by atoms with Crippen LogP contribution < -0.4 is 49.7 Å². The Kier molecular flexibility index (Phi) is 21.8. The zero-order chi connectivity index (χ0) is 44.9. The number of aromatic nitrogens is 4. The molecule has 0 unspecified atom stereocenters. The normalized spacial score (nSPS) is 9.66. The number of benzene rings is 4. The number of carbonyl (C=O) groups excluding carboxylic acids is 1. The minimum Gasteiger partial charge on any atom is -0.870 e. The van der Waals surface area contributed by atoms with Gasteiger partial charge in [-0.2, -0.15) is 20.7 Å². The van der Waals surface area contributed by atoms with Gasteiger partial charge in [-0.25, -0.2) is 18.6 Å². The molecule has 0 amide bonds. The molecule has 0 spiro atoms. The van der Waals surface area contributed by atoms with Crippen molar-refractivity contribution >= 4 is 45.7 Å². The third-order valence-corrected chi connectivity index (χ3v) is 9.73. The van der Waals surface area contributed by atoms with E-state index in [0.717, 1.165) is 41.1 Å². The summed E-state index contributed by atoms with van der Waals surface area (Å²) in [7, 11) is 2.33. The molecule has 0 atom stereocenters. The molecule has 0 radical (unpaired) electrons. The van der Waals surface area contributed by atoms with Crippen LogP contribution in [0.2, 0.25) is 0 Å².